The van der Waals surface area contributed by atoms with E-state index in [-0.39, 0.29) is 16.3 Å². The van der Waals surface area contributed by atoms with E-state index < -0.39 is 40.0 Å². The van der Waals surface area contributed by atoms with E-state index in [9.17, 15) is 28.1 Å². The van der Waals surface area contributed by atoms with Crippen LogP contribution in [0.3, 0.4) is 0 Å². The SMILES string of the molecule is Cc1ccc(S(=O)(=O)N(C)CC(=O)OCC(=O)Nc2ccccc2[N+](=O)[O-])cc1. The zero-order chi connectivity index (χ0) is 21.6. The van der Waals surface area contributed by atoms with E-state index >= 15 is 0 Å². The maximum Gasteiger partial charge on any atom is 0.321 e. The minimum absolute atomic E-state index is 0.0209. The predicted molar refractivity (Wildman–Crippen MR) is 104 cm³/mol. The summed E-state index contributed by atoms with van der Waals surface area (Å²) >= 11 is 0. The van der Waals surface area contributed by atoms with Gasteiger partial charge in [-0.15, -0.1) is 0 Å². The van der Waals surface area contributed by atoms with Gasteiger partial charge in [-0.2, -0.15) is 4.31 Å². The van der Waals surface area contributed by atoms with Gasteiger partial charge in [0, 0.05) is 13.1 Å². The molecule has 0 bridgehead atoms. The number of carbonyl (C=O) groups excluding carboxylic acids is 2. The monoisotopic (exact) mass is 421 g/mol. The molecule has 11 heteroatoms. The van der Waals surface area contributed by atoms with Gasteiger partial charge >= 0.3 is 5.97 Å². The molecule has 1 N–H and O–H groups in total. The van der Waals surface area contributed by atoms with Gasteiger partial charge in [0.25, 0.3) is 11.6 Å². The van der Waals surface area contributed by atoms with Gasteiger partial charge in [0.2, 0.25) is 10.0 Å². The van der Waals surface area contributed by atoms with Crippen molar-refractivity contribution >= 4 is 33.3 Å². The lowest BCUT2D eigenvalue weighted by Crippen LogP contribution is -2.34. The molecule has 29 heavy (non-hydrogen) atoms. The Hall–Kier alpha value is -3.31. The van der Waals surface area contributed by atoms with Crippen molar-refractivity contribution in [3.63, 3.8) is 0 Å². The van der Waals surface area contributed by atoms with E-state index in [0.717, 1.165) is 9.87 Å². The van der Waals surface area contributed by atoms with Gasteiger partial charge in [0.05, 0.1) is 9.82 Å². The smallest absolute Gasteiger partial charge is 0.321 e. The maximum absolute atomic E-state index is 12.4. The summed E-state index contributed by atoms with van der Waals surface area (Å²) in [7, 11) is -2.68. The normalized spacial score (nSPS) is 11.1. The number of aryl methyl sites for hydroxylation is 1. The Kier molecular flexibility index (Phi) is 7.02. The fourth-order valence-electron chi connectivity index (χ4n) is 2.27. The van der Waals surface area contributed by atoms with E-state index in [2.05, 4.69) is 5.32 Å². The summed E-state index contributed by atoms with van der Waals surface area (Å²) in [5.74, 6) is -1.74. The molecule has 2 aromatic carbocycles. The number of carbonyl (C=O) groups is 2. The molecule has 10 nitrogen and oxygen atoms in total. The van der Waals surface area contributed by atoms with Gasteiger partial charge in [-0.05, 0) is 25.1 Å². The Morgan fingerprint density at radius 1 is 1.14 bits per heavy atom. The van der Waals surface area contributed by atoms with Gasteiger partial charge in [-0.3, -0.25) is 19.7 Å². The second-order valence-electron chi connectivity index (χ2n) is 6.06. The molecule has 0 atom stereocenters. The highest BCUT2D eigenvalue weighted by molar-refractivity contribution is 7.89. The summed E-state index contributed by atoms with van der Waals surface area (Å²) < 4.78 is 30.4. The lowest BCUT2D eigenvalue weighted by Gasteiger charge is -2.16. The van der Waals surface area contributed by atoms with Crippen molar-refractivity contribution in [3.05, 3.63) is 64.2 Å². The molecule has 0 radical (unpaired) electrons. The fourth-order valence-corrected chi connectivity index (χ4v) is 3.39. The number of amides is 1. The molecule has 2 aromatic rings. The average Bonchev–Trinajstić information content (AvgIpc) is 2.67. The minimum atomic E-state index is -3.90. The van der Waals surface area contributed by atoms with Crippen LogP contribution in [0.5, 0.6) is 0 Å². The van der Waals surface area contributed by atoms with Crippen LogP contribution in [0.4, 0.5) is 11.4 Å². The highest BCUT2D eigenvalue weighted by Gasteiger charge is 2.24. The Balaban J connectivity index is 1.91. The standard InChI is InChI=1S/C18H19N3O7S/c1-13-7-9-14(10-8-13)29(26,27)20(2)11-18(23)28-12-17(22)19-15-5-3-4-6-16(15)21(24)25/h3-10H,11-12H2,1-2H3,(H,19,22). The van der Waals surface area contributed by atoms with E-state index in [4.69, 9.17) is 4.74 Å². The molecule has 0 aliphatic heterocycles. The Labute approximate surface area is 167 Å². The predicted octanol–water partition coefficient (Wildman–Crippen LogP) is 1.71. The van der Waals surface area contributed by atoms with Gasteiger partial charge in [0.1, 0.15) is 12.2 Å². The third-order valence-electron chi connectivity index (χ3n) is 3.82. The van der Waals surface area contributed by atoms with Crippen molar-refractivity contribution < 1.29 is 27.7 Å². The summed E-state index contributed by atoms with van der Waals surface area (Å²) in [6.45, 7) is 0.491. The number of nitro benzene ring substituents is 1. The van der Waals surface area contributed by atoms with Crippen molar-refractivity contribution in [1.82, 2.24) is 4.31 Å². The number of nitrogens with one attached hydrogen (secondary N) is 1. The van der Waals surface area contributed by atoms with Crippen LogP contribution in [0, 0.1) is 17.0 Å². The summed E-state index contributed by atoms with van der Waals surface area (Å²) in [6, 6.07) is 11.6. The number of nitro groups is 1. The number of benzene rings is 2. The first-order valence-corrected chi connectivity index (χ1v) is 9.77. The molecule has 0 aliphatic carbocycles. The molecule has 0 aliphatic rings. The zero-order valence-corrected chi connectivity index (χ0v) is 16.5. The van der Waals surface area contributed by atoms with Gasteiger partial charge in [-0.1, -0.05) is 29.8 Å². The molecule has 0 saturated heterocycles. The van der Waals surface area contributed by atoms with Crippen LogP contribution in [0.1, 0.15) is 5.56 Å². The number of likely N-dealkylation sites (N-methyl/N-ethyl adjacent to an activating group) is 1. The third kappa shape index (κ3) is 5.83. The second kappa shape index (κ2) is 9.26. The minimum Gasteiger partial charge on any atom is -0.455 e. The first-order chi connectivity index (χ1) is 13.6. The van der Waals surface area contributed by atoms with Crippen molar-refractivity contribution in [3.8, 4) is 0 Å². The number of rotatable bonds is 8. The van der Waals surface area contributed by atoms with Gasteiger partial charge in [0.15, 0.2) is 6.61 Å². The number of para-hydroxylation sites is 2. The average molecular weight is 421 g/mol. The second-order valence-corrected chi connectivity index (χ2v) is 8.10. The zero-order valence-electron chi connectivity index (χ0n) is 15.7. The number of nitrogens with zero attached hydrogens (tertiary/aromatic N) is 2. The van der Waals surface area contributed by atoms with E-state index in [1.54, 1.807) is 12.1 Å². The topological polar surface area (TPSA) is 136 Å². The first-order valence-electron chi connectivity index (χ1n) is 8.33. The molecule has 0 aromatic heterocycles. The maximum atomic E-state index is 12.4. The molecular weight excluding hydrogens is 402 g/mol. The van der Waals surface area contributed by atoms with E-state index in [1.165, 1.54) is 43.4 Å². The summed E-state index contributed by atoms with van der Waals surface area (Å²) in [5, 5.41) is 13.2. The molecule has 0 spiro atoms. The fraction of sp³-hybridized carbons (Fsp3) is 0.222. The van der Waals surface area contributed by atoms with Crippen molar-refractivity contribution in [2.24, 2.45) is 0 Å². The van der Waals surface area contributed by atoms with Gasteiger partial charge < -0.3 is 10.1 Å². The molecule has 2 rings (SSSR count). The molecule has 0 fully saturated rings. The Bertz CT molecular complexity index is 1020. The lowest BCUT2D eigenvalue weighted by molar-refractivity contribution is -0.383. The number of hydrogen-bond donors (Lipinski definition) is 1. The highest BCUT2D eigenvalue weighted by atomic mass is 32.2. The van der Waals surface area contributed by atoms with Crippen LogP contribution in [0.15, 0.2) is 53.4 Å². The summed E-state index contributed by atoms with van der Waals surface area (Å²) in [6.07, 6.45) is 0. The first kappa shape index (κ1) is 22.0. The van der Waals surface area contributed by atoms with Crippen LogP contribution in [0.25, 0.3) is 0 Å². The molecular formula is C18H19N3O7S. The summed E-state index contributed by atoms with van der Waals surface area (Å²) in [5.41, 5.74) is 0.532. The van der Waals surface area contributed by atoms with Crippen LogP contribution in [0.2, 0.25) is 0 Å². The van der Waals surface area contributed by atoms with Gasteiger partial charge in [-0.25, -0.2) is 8.42 Å². The molecule has 0 heterocycles. The highest BCUT2D eigenvalue weighted by Crippen LogP contribution is 2.23. The van der Waals surface area contributed by atoms with Crippen LogP contribution in [-0.2, 0) is 24.3 Å². The van der Waals surface area contributed by atoms with Crippen molar-refractivity contribution in [1.29, 1.82) is 0 Å². The van der Waals surface area contributed by atoms with Crippen LogP contribution < -0.4 is 5.32 Å². The number of anilines is 1. The Morgan fingerprint density at radius 3 is 2.38 bits per heavy atom. The van der Waals surface area contributed by atoms with Crippen LogP contribution in [-0.4, -0.2) is 49.7 Å². The quantitative estimate of drug-likeness (QED) is 0.389. The number of hydrogen-bond acceptors (Lipinski definition) is 7. The molecule has 1 amide bonds. The van der Waals surface area contributed by atoms with Crippen molar-refractivity contribution in [2.45, 2.75) is 11.8 Å². The van der Waals surface area contributed by atoms with E-state index in [0.29, 0.717) is 0 Å². The number of ether oxygens (including phenoxy) is 1. The Morgan fingerprint density at radius 2 is 1.76 bits per heavy atom. The van der Waals surface area contributed by atoms with E-state index in [1.807, 2.05) is 6.92 Å². The molecule has 0 saturated carbocycles. The number of esters is 1. The largest absolute Gasteiger partial charge is 0.455 e. The molecule has 0 unspecified atom stereocenters. The summed E-state index contributed by atoms with van der Waals surface area (Å²) in [4.78, 5) is 34.1. The lowest BCUT2D eigenvalue weighted by atomic mass is 10.2. The third-order valence-corrected chi connectivity index (χ3v) is 5.64. The molecule has 154 valence electrons. The van der Waals surface area contributed by atoms with Crippen LogP contribution >= 0.6 is 0 Å². The van der Waals surface area contributed by atoms with Crippen molar-refractivity contribution in [2.75, 3.05) is 25.5 Å². The number of sulfonamides is 1.